The van der Waals surface area contributed by atoms with Crippen LogP contribution in [0.3, 0.4) is 0 Å². The van der Waals surface area contributed by atoms with E-state index in [1.165, 1.54) is 6.07 Å². The Morgan fingerprint density at radius 1 is 1.24 bits per heavy atom. The lowest BCUT2D eigenvalue weighted by Crippen LogP contribution is -2.36. The second-order valence-corrected chi connectivity index (χ2v) is 6.38. The molecule has 1 aliphatic heterocycles. The lowest BCUT2D eigenvalue weighted by atomic mass is 10.2. The first kappa shape index (κ1) is 17.6. The molecule has 25 heavy (non-hydrogen) atoms. The van der Waals surface area contributed by atoms with Crippen LogP contribution in [0.2, 0.25) is 0 Å². The number of aryl methyl sites for hydroxylation is 1. The number of hydrogen-bond acceptors (Lipinski definition) is 5. The predicted molar refractivity (Wildman–Crippen MR) is 92.6 cm³/mol. The van der Waals surface area contributed by atoms with Crippen LogP contribution >= 0.6 is 0 Å². The number of benzene rings is 1. The van der Waals surface area contributed by atoms with Gasteiger partial charge in [-0.3, -0.25) is 19.9 Å². The average Bonchev–Trinajstić information content (AvgIpc) is 2.85. The third-order valence-electron chi connectivity index (χ3n) is 4.29. The predicted octanol–water partition coefficient (Wildman–Crippen LogP) is 2.27. The molecule has 3 rings (SSSR count). The Morgan fingerprint density at radius 2 is 2.00 bits per heavy atom. The van der Waals surface area contributed by atoms with Crippen LogP contribution in [-0.4, -0.2) is 53.6 Å². The van der Waals surface area contributed by atoms with Gasteiger partial charge in [0.2, 0.25) is 11.8 Å². The molecule has 0 unspecified atom stereocenters. The SMILES string of the molecule is Cc1cc(NC(=O)CN2CCCN(Cc3ccccc3F)CC2)on1. The molecule has 1 amide bonds. The van der Waals surface area contributed by atoms with Crippen molar-refractivity contribution < 1.29 is 13.7 Å². The van der Waals surface area contributed by atoms with Crippen molar-refractivity contribution >= 4 is 11.8 Å². The third-order valence-corrected chi connectivity index (χ3v) is 4.29. The Kier molecular flexibility index (Phi) is 5.78. The van der Waals surface area contributed by atoms with E-state index in [-0.39, 0.29) is 11.7 Å². The molecule has 1 aromatic carbocycles. The largest absolute Gasteiger partial charge is 0.338 e. The van der Waals surface area contributed by atoms with Crippen LogP contribution in [0.15, 0.2) is 34.9 Å². The van der Waals surface area contributed by atoms with Crippen molar-refractivity contribution in [3.8, 4) is 0 Å². The molecule has 1 N–H and O–H groups in total. The van der Waals surface area contributed by atoms with Crippen LogP contribution in [0.5, 0.6) is 0 Å². The molecule has 0 radical (unpaired) electrons. The van der Waals surface area contributed by atoms with E-state index in [0.29, 0.717) is 19.0 Å². The van der Waals surface area contributed by atoms with Crippen LogP contribution in [0.1, 0.15) is 17.7 Å². The van der Waals surface area contributed by atoms with Gasteiger partial charge in [-0.15, -0.1) is 0 Å². The van der Waals surface area contributed by atoms with Crippen LogP contribution in [0, 0.1) is 12.7 Å². The molecule has 0 aliphatic carbocycles. The molecule has 2 heterocycles. The Hall–Kier alpha value is -2.25. The molecule has 0 bridgehead atoms. The Balaban J connectivity index is 1.48. The highest BCUT2D eigenvalue weighted by Crippen LogP contribution is 2.13. The van der Waals surface area contributed by atoms with E-state index in [9.17, 15) is 9.18 Å². The first-order valence-corrected chi connectivity index (χ1v) is 8.51. The highest BCUT2D eigenvalue weighted by atomic mass is 19.1. The van der Waals surface area contributed by atoms with Crippen LogP contribution in [0.4, 0.5) is 10.3 Å². The maximum absolute atomic E-state index is 13.8. The Labute approximate surface area is 146 Å². The fourth-order valence-electron chi connectivity index (χ4n) is 3.01. The van der Waals surface area contributed by atoms with E-state index >= 15 is 0 Å². The summed E-state index contributed by atoms with van der Waals surface area (Å²) in [6.07, 6.45) is 0.948. The van der Waals surface area contributed by atoms with E-state index in [2.05, 4.69) is 20.3 Å². The van der Waals surface area contributed by atoms with Crippen molar-refractivity contribution in [3.63, 3.8) is 0 Å². The molecule has 134 valence electrons. The molecule has 0 spiro atoms. The van der Waals surface area contributed by atoms with Crippen LogP contribution in [0.25, 0.3) is 0 Å². The lowest BCUT2D eigenvalue weighted by molar-refractivity contribution is -0.117. The number of anilines is 1. The molecule has 1 aliphatic rings. The molecule has 7 heteroatoms. The van der Waals surface area contributed by atoms with Crippen molar-refractivity contribution in [3.05, 3.63) is 47.4 Å². The summed E-state index contributed by atoms with van der Waals surface area (Å²) in [6.45, 7) is 6.04. The topological polar surface area (TPSA) is 61.6 Å². The summed E-state index contributed by atoms with van der Waals surface area (Å²) in [5, 5.41) is 6.46. The highest BCUT2D eigenvalue weighted by molar-refractivity contribution is 5.90. The van der Waals surface area contributed by atoms with Crippen molar-refractivity contribution in [2.75, 3.05) is 38.0 Å². The lowest BCUT2D eigenvalue weighted by Gasteiger charge is -2.21. The summed E-state index contributed by atoms with van der Waals surface area (Å²) in [7, 11) is 0. The Bertz CT molecular complexity index is 719. The minimum absolute atomic E-state index is 0.112. The third kappa shape index (κ3) is 5.11. The zero-order chi connectivity index (χ0) is 17.6. The number of carbonyl (C=O) groups excluding carboxylic acids is 1. The van der Waals surface area contributed by atoms with E-state index < -0.39 is 0 Å². The number of carbonyl (C=O) groups is 1. The monoisotopic (exact) mass is 346 g/mol. The fourth-order valence-corrected chi connectivity index (χ4v) is 3.01. The van der Waals surface area contributed by atoms with E-state index in [0.717, 1.165) is 43.9 Å². The normalized spacial score (nSPS) is 16.6. The standard InChI is InChI=1S/C18H23FN4O2/c1-14-11-18(25-21-14)20-17(24)13-23-8-4-7-22(9-10-23)12-15-5-2-3-6-16(15)19/h2-3,5-6,11H,4,7-10,12-13H2,1H3,(H,20,24). The summed E-state index contributed by atoms with van der Waals surface area (Å²) < 4.78 is 18.8. The summed E-state index contributed by atoms with van der Waals surface area (Å²) >= 11 is 0. The number of nitrogens with zero attached hydrogens (tertiary/aromatic N) is 3. The maximum Gasteiger partial charge on any atom is 0.240 e. The number of halogens is 1. The number of aromatic nitrogens is 1. The summed E-state index contributed by atoms with van der Waals surface area (Å²) in [4.78, 5) is 16.5. The van der Waals surface area contributed by atoms with Gasteiger partial charge in [0.25, 0.3) is 0 Å². The first-order valence-electron chi connectivity index (χ1n) is 8.51. The van der Waals surface area contributed by atoms with Crippen LogP contribution in [-0.2, 0) is 11.3 Å². The molecular weight excluding hydrogens is 323 g/mol. The molecule has 0 atom stereocenters. The van der Waals surface area contributed by atoms with Gasteiger partial charge in [0.1, 0.15) is 5.82 Å². The van der Waals surface area contributed by atoms with E-state index in [1.54, 1.807) is 19.1 Å². The second kappa shape index (κ2) is 8.22. The Morgan fingerprint density at radius 3 is 2.76 bits per heavy atom. The number of rotatable bonds is 5. The van der Waals surface area contributed by atoms with Gasteiger partial charge in [0.05, 0.1) is 12.2 Å². The van der Waals surface area contributed by atoms with E-state index in [1.807, 2.05) is 12.1 Å². The van der Waals surface area contributed by atoms with E-state index in [4.69, 9.17) is 4.52 Å². The van der Waals surface area contributed by atoms with Crippen molar-refractivity contribution in [1.29, 1.82) is 0 Å². The van der Waals surface area contributed by atoms with Crippen molar-refractivity contribution in [2.45, 2.75) is 19.9 Å². The number of amides is 1. The van der Waals surface area contributed by atoms with Gasteiger partial charge in [-0.1, -0.05) is 23.4 Å². The molecule has 6 nitrogen and oxygen atoms in total. The van der Waals surface area contributed by atoms with Gasteiger partial charge < -0.3 is 4.52 Å². The van der Waals surface area contributed by atoms with Gasteiger partial charge >= 0.3 is 0 Å². The molecule has 2 aromatic rings. The minimum atomic E-state index is -0.162. The minimum Gasteiger partial charge on any atom is -0.338 e. The summed E-state index contributed by atoms with van der Waals surface area (Å²) in [6, 6.07) is 8.58. The van der Waals surface area contributed by atoms with Gasteiger partial charge in [-0.25, -0.2) is 4.39 Å². The van der Waals surface area contributed by atoms with Gasteiger partial charge in [0, 0.05) is 31.3 Å². The second-order valence-electron chi connectivity index (χ2n) is 6.38. The quantitative estimate of drug-likeness (QED) is 0.900. The zero-order valence-corrected chi connectivity index (χ0v) is 14.4. The molecule has 1 saturated heterocycles. The van der Waals surface area contributed by atoms with Crippen molar-refractivity contribution in [1.82, 2.24) is 15.0 Å². The average molecular weight is 346 g/mol. The van der Waals surface area contributed by atoms with Gasteiger partial charge in [-0.05, 0) is 32.5 Å². The van der Waals surface area contributed by atoms with Crippen molar-refractivity contribution in [2.24, 2.45) is 0 Å². The highest BCUT2D eigenvalue weighted by Gasteiger charge is 2.18. The molecule has 0 saturated carbocycles. The number of hydrogen-bond donors (Lipinski definition) is 1. The molecular formula is C18H23FN4O2. The summed E-state index contributed by atoms with van der Waals surface area (Å²) in [5.41, 5.74) is 1.45. The molecule has 1 fully saturated rings. The van der Waals surface area contributed by atoms with Gasteiger partial charge in [0.15, 0.2) is 0 Å². The maximum atomic E-state index is 13.8. The number of nitrogens with one attached hydrogen (secondary N) is 1. The zero-order valence-electron chi connectivity index (χ0n) is 14.4. The molecule has 1 aromatic heterocycles. The smallest absolute Gasteiger partial charge is 0.240 e. The summed E-state index contributed by atoms with van der Waals surface area (Å²) in [5.74, 6) is 0.0996. The first-order chi connectivity index (χ1) is 12.1. The van der Waals surface area contributed by atoms with Crippen LogP contribution < -0.4 is 5.32 Å². The van der Waals surface area contributed by atoms with Gasteiger partial charge in [-0.2, -0.15) is 0 Å². The fraction of sp³-hybridized carbons (Fsp3) is 0.444.